The van der Waals surface area contributed by atoms with Gasteiger partial charge in [0.1, 0.15) is 0 Å². The molecule has 1 aliphatic heterocycles. The van der Waals surface area contributed by atoms with E-state index in [-0.39, 0.29) is 12.1 Å². The zero-order valence-corrected chi connectivity index (χ0v) is 15.3. The van der Waals surface area contributed by atoms with Crippen molar-refractivity contribution in [3.05, 3.63) is 17.5 Å². The minimum Gasteiger partial charge on any atom is -0.379 e. The molecule has 0 aromatic carbocycles. The van der Waals surface area contributed by atoms with Crippen LogP contribution in [-0.4, -0.2) is 66.1 Å². The van der Waals surface area contributed by atoms with E-state index in [1.165, 1.54) is 0 Å². The quantitative estimate of drug-likeness (QED) is 0.783. The maximum atomic E-state index is 12.0. The van der Waals surface area contributed by atoms with Crippen molar-refractivity contribution in [3.63, 3.8) is 0 Å². The molecule has 7 heteroatoms. The second-order valence-corrected chi connectivity index (χ2v) is 6.88. The molecule has 1 aromatic heterocycles. The highest BCUT2D eigenvalue weighted by Crippen LogP contribution is 2.06. The van der Waals surface area contributed by atoms with Crippen LogP contribution >= 0.6 is 0 Å². The third-order valence-corrected chi connectivity index (χ3v) is 4.21. The average molecular weight is 337 g/mol. The lowest BCUT2D eigenvalue weighted by atomic mass is 10.2. The van der Waals surface area contributed by atoms with Crippen LogP contribution in [0.15, 0.2) is 6.07 Å². The fourth-order valence-electron chi connectivity index (χ4n) is 2.98. The number of aryl methyl sites for hydroxylation is 2. The molecule has 2 atom stereocenters. The van der Waals surface area contributed by atoms with Crippen LogP contribution in [0.4, 0.5) is 4.79 Å². The fourth-order valence-corrected chi connectivity index (χ4v) is 2.98. The van der Waals surface area contributed by atoms with E-state index in [4.69, 9.17) is 4.74 Å². The van der Waals surface area contributed by atoms with Crippen LogP contribution < -0.4 is 10.6 Å². The summed E-state index contributed by atoms with van der Waals surface area (Å²) in [5.74, 6) is 0.322. The minimum atomic E-state index is -0.101. The van der Waals surface area contributed by atoms with E-state index >= 15 is 0 Å². The molecule has 0 radical (unpaired) electrons. The van der Waals surface area contributed by atoms with Gasteiger partial charge in [0.25, 0.3) is 0 Å². The lowest BCUT2D eigenvalue weighted by Gasteiger charge is -2.29. The Morgan fingerprint density at radius 3 is 2.62 bits per heavy atom. The monoisotopic (exact) mass is 337 g/mol. The Bertz CT molecular complexity index is 525. The van der Waals surface area contributed by atoms with Gasteiger partial charge in [0.2, 0.25) is 0 Å². The molecule has 7 nitrogen and oxygen atoms in total. The Hall–Kier alpha value is -1.60. The van der Waals surface area contributed by atoms with E-state index in [9.17, 15) is 4.79 Å². The Labute approximate surface area is 144 Å². The van der Waals surface area contributed by atoms with Crippen molar-refractivity contribution in [3.8, 4) is 0 Å². The molecule has 2 unspecified atom stereocenters. The maximum Gasteiger partial charge on any atom is 0.315 e. The van der Waals surface area contributed by atoms with Gasteiger partial charge >= 0.3 is 6.03 Å². The SMILES string of the molecule is Cc1cc(C)n(CC(C)CNC(=O)NC(C)CN2CCOCC2)n1. The van der Waals surface area contributed by atoms with E-state index in [0.29, 0.717) is 12.5 Å². The summed E-state index contributed by atoms with van der Waals surface area (Å²) >= 11 is 0. The molecule has 0 bridgehead atoms. The number of nitrogens with one attached hydrogen (secondary N) is 2. The van der Waals surface area contributed by atoms with Crippen LogP contribution in [0.2, 0.25) is 0 Å². The lowest BCUT2D eigenvalue weighted by molar-refractivity contribution is 0.0349. The first-order chi connectivity index (χ1) is 11.4. The van der Waals surface area contributed by atoms with Crippen molar-refractivity contribution in [2.45, 2.75) is 40.3 Å². The van der Waals surface area contributed by atoms with Gasteiger partial charge in [-0.25, -0.2) is 4.79 Å². The van der Waals surface area contributed by atoms with Gasteiger partial charge in [0, 0.05) is 44.5 Å². The number of aromatic nitrogens is 2. The van der Waals surface area contributed by atoms with Crippen LogP contribution in [0.3, 0.4) is 0 Å². The molecule has 0 aliphatic carbocycles. The highest BCUT2D eigenvalue weighted by atomic mass is 16.5. The molecule has 136 valence electrons. The van der Waals surface area contributed by atoms with E-state index < -0.39 is 0 Å². The normalized spacial score (nSPS) is 18.2. The van der Waals surface area contributed by atoms with Gasteiger partial charge in [-0.2, -0.15) is 5.10 Å². The number of rotatable bonds is 7. The zero-order valence-electron chi connectivity index (χ0n) is 15.3. The second-order valence-electron chi connectivity index (χ2n) is 6.88. The predicted octanol–water partition coefficient (Wildman–Crippen LogP) is 1.16. The fraction of sp³-hybridized carbons (Fsp3) is 0.765. The summed E-state index contributed by atoms with van der Waals surface area (Å²) in [4.78, 5) is 14.4. The molecular formula is C17H31N5O2. The number of ether oxygens (including phenoxy) is 1. The number of nitrogens with zero attached hydrogens (tertiary/aromatic N) is 3. The Kier molecular flexibility index (Phi) is 7.05. The van der Waals surface area contributed by atoms with Crippen LogP contribution in [0.1, 0.15) is 25.2 Å². The summed E-state index contributed by atoms with van der Waals surface area (Å²) in [5, 5.41) is 10.4. The number of amides is 2. The predicted molar refractivity (Wildman–Crippen MR) is 94.1 cm³/mol. The molecule has 1 fully saturated rings. The van der Waals surface area contributed by atoms with E-state index in [2.05, 4.69) is 40.5 Å². The molecule has 1 aromatic rings. The van der Waals surface area contributed by atoms with Crippen LogP contribution in [0.5, 0.6) is 0 Å². The summed E-state index contributed by atoms with van der Waals surface area (Å²) in [6, 6.07) is 2.09. The first kappa shape index (κ1) is 18.7. The molecule has 24 heavy (non-hydrogen) atoms. The molecule has 1 saturated heterocycles. The lowest BCUT2D eigenvalue weighted by Crippen LogP contribution is -2.49. The summed E-state index contributed by atoms with van der Waals surface area (Å²) in [7, 11) is 0. The number of carbonyl (C=O) groups excluding carboxylic acids is 1. The van der Waals surface area contributed by atoms with Crippen molar-refractivity contribution in [1.29, 1.82) is 0 Å². The van der Waals surface area contributed by atoms with Gasteiger partial charge < -0.3 is 15.4 Å². The van der Waals surface area contributed by atoms with Crippen LogP contribution in [0.25, 0.3) is 0 Å². The second kappa shape index (κ2) is 9.03. The smallest absolute Gasteiger partial charge is 0.315 e. The van der Waals surface area contributed by atoms with E-state index in [0.717, 1.165) is 50.8 Å². The number of hydrogen-bond acceptors (Lipinski definition) is 4. The number of morpholine rings is 1. The van der Waals surface area contributed by atoms with Crippen LogP contribution in [0, 0.1) is 19.8 Å². The number of hydrogen-bond donors (Lipinski definition) is 2. The third kappa shape index (κ3) is 6.13. The van der Waals surface area contributed by atoms with Crippen LogP contribution in [-0.2, 0) is 11.3 Å². The Balaban J connectivity index is 1.65. The maximum absolute atomic E-state index is 12.0. The summed E-state index contributed by atoms with van der Waals surface area (Å²) in [6.45, 7) is 13.9. The molecule has 2 amide bonds. The average Bonchev–Trinajstić information content (AvgIpc) is 2.83. The zero-order chi connectivity index (χ0) is 17.5. The van der Waals surface area contributed by atoms with Gasteiger partial charge in [-0.3, -0.25) is 9.58 Å². The van der Waals surface area contributed by atoms with Crippen molar-refractivity contribution < 1.29 is 9.53 Å². The Morgan fingerprint density at radius 2 is 2.00 bits per heavy atom. The summed E-state index contributed by atoms with van der Waals surface area (Å²) in [5.41, 5.74) is 2.19. The molecule has 0 spiro atoms. The number of carbonyl (C=O) groups is 1. The molecule has 0 saturated carbocycles. The third-order valence-electron chi connectivity index (χ3n) is 4.21. The standard InChI is InChI=1S/C17H31N5O2/c1-13(11-22-16(4)9-14(2)20-22)10-18-17(23)19-15(3)12-21-5-7-24-8-6-21/h9,13,15H,5-8,10-12H2,1-4H3,(H2,18,19,23). The van der Waals surface area contributed by atoms with Gasteiger partial charge in [-0.05, 0) is 32.8 Å². The molecule has 1 aliphatic rings. The van der Waals surface area contributed by atoms with Crippen molar-refractivity contribution in [2.24, 2.45) is 5.92 Å². The van der Waals surface area contributed by atoms with Gasteiger partial charge in [-0.1, -0.05) is 6.92 Å². The van der Waals surface area contributed by atoms with Gasteiger partial charge in [0.15, 0.2) is 0 Å². The van der Waals surface area contributed by atoms with Gasteiger partial charge in [-0.15, -0.1) is 0 Å². The van der Waals surface area contributed by atoms with E-state index in [1.54, 1.807) is 0 Å². The molecule has 2 N–H and O–H groups in total. The van der Waals surface area contributed by atoms with Crippen molar-refractivity contribution in [2.75, 3.05) is 39.4 Å². The molecular weight excluding hydrogens is 306 g/mol. The first-order valence-electron chi connectivity index (χ1n) is 8.79. The number of urea groups is 1. The molecule has 2 rings (SSSR count). The van der Waals surface area contributed by atoms with Gasteiger partial charge in [0.05, 0.1) is 18.9 Å². The largest absolute Gasteiger partial charge is 0.379 e. The topological polar surface area (TPSA) is 71.4 Å². The summed E-state index contributed by atoms with van der Waals surface area (Å²) in [6.07, 6.45) is 0. The summed E-state index contributed by atoms with van der Waals surface area (Å²) < 4.78 is 7.34. The highest BCUT2D eigenvalue weighted by Gasteiger charge is 2.15. The molecule has 2 heterocycles. The highest BCUT2D eigenvalue weighted by molar-refractivity contribution is 5.74. The first-order valence-corrected chi connectivity index (χ1v) is 8.79. The minimum absolute atomic E-state index is 0.101. The van der Waals surface area contributed by atoms with Crippen molar-refractivity contribution in [1.82, 2.24) is 25.3 Å². The van der Waals surface area contributed by atoms with E-state index in [1.807, 2.05) is 18.5 Å². The van der Waals surface area contributed by atoms with Crippen molar-refractivity contribution >= 4 is 6.03 Å². The Morgan fingerprint density at radius 1 is 1.29 bits per heavy atom.